The fraction of sp³-hybridized carbons (Fsp3) is 0.357. The molecule has 0 unspecified atom stereocenters. The minimum absolute atomic E-state index is 0.0210. The van der Waals surface area contributed by atoms with Gasteiger partial charge in [-0.1, -0.05) is 11.3 Å². The van der Waals surface area contributed by atoms with Gasteiger partial charge in [0.2, 0.25) is 0 Å². The predicted octanol–water partition coefficient (Wildman–Crippen LogP) is 2.56. The lowest BCUT2D eigenvalue weighted by Crippen LogP contribution is -2.09. The Balaban J connectivity index is 2.25. The first-order valence-electron chi connectivity index (χ1n) is 6.15. The van der Waals surface area contributed by atoms with Gasteiger partial charge in [0.15, 0.2) is 5.13 Å². The van der Waals surface area contributed by atoms with E-state index >= 15 is 0 Å². The normalized spacial score (nSPS) is 10.6. The van der Waals surface area contributed by atoms with E-state index in [1.165, 1.54) is 11.3 Å². The monoisotopic (exact) mass is 294 g/mol. The molecule has 0 saturated carbocycles. The fourth-order valence-corrected chi connectivity index (χ4v) is 2.71. The Morgan fingerprint density at radius 1 is 1.25 bits per heavy atom. The van der Waals surface area contributed by atoms with Crippen molar-refractivity contribution in [2.75, 3.05) is 26.2 Å². The average Bonchev–Trinajstić information content (AvgIpc) is 2.90. The van der Waals surface area contributed by atoms with Gasteiger partial charge in [-0.25, -0.2) is 4.98 Å². The summed E-state index contributed by atoms with van der Waals surface area (Å²) in [5, 5.41) is 10.2. The number of aliphatic hydroxyl groups excluding tert-OH is 1. The third kappa shape index (κ3) is 3.09. The van der Waals surface area contributed by atoms with Crippen LogP contribution in [0.15, 0.2) is 24.3 Å². The molecule has 1 aromatic carbocycles. The number of anilines is 2. The maximum absolute atomic E-state index is 9.36. The van der Waals surface area contributed by atoms with Gasteiger partial charge in [-0.05, 0) is 24.3 Å². The zero-order valence-electron chi connectivity index (χ0n) is 11.8. The second kappa shape index (κ2) is 6.69. The van der Waals surface area contributed by atoms with Crippen LogP contribution in [0.5, 0.6) is 5.75 Å². The molecule has 1 N–H and O–H groups in total. The second-order valence-electron chi connectivity index (χ2n) is 4.21. The van der Waals surface area contributed by atoms with E-state index in [1.807, 2.05) is 36.2 Å². The first kappa shape index (κ1) is 14.8. The number of hydrogen-bond donors (Lipinski definition) is 1. The Morgan fingerprint density at radius 2 is 1.95 bits per heavy atom. The molecule has 0 amide bonds. The molecule has 20 heavy (non-hydrogen) atoms. The van der Waals surface area contributed by atoms with Crippen molar-refractivity contribution >= 4 is 22.2 Å². The zero-order chi connectivity index (χ0) is 14.5. The van der Waals surface area contributed by atoms with Crippen molar-refractivity contribution < 1.29 is 14.6 Å². The summed E-state index contributed by atoms with van der Waals surface area (Å²) in [5.74, 6) is 0.817. The van der Waals surface area contributed by atoms with Crippen LogP contribution in [-0.2, 0) is 18.0 Å². The molecular formula is C14H18N2O3S. The zero-order valence-corrected chi connectivity index (χ0v) is 12.6. The number of methoxy groups -OCH3 is 2. The smallest absolute Gasteiger partial charge is 0.190 e. The number of hydrogen-bond acceptors (Lipinski definition) is 6. The Morgan fingerprint density at radius 3 is 2.50 bits per heavy atom. The number of benzene rings is 1. The van der Waals surface area contributed by atoms with Crippen LogP contribution in [0.2, 0.25) is 0 Å². The molecule has 0 atom stereocenters. The minimum atomic E-state index is -0.0210. The first-order chi connectivity index (χ1) is 9.69. The van der Waals surface area contributed by atoms with Crippen molar-refractivity contribution in [3.8, 4) is 5.75 Å². The van der Waals surface area contributed by atoms with Gasteiger partial charge >= 0.3 is 0 Å². The lowest BCUT2D eigenvalue weighted by molar-refractivity contribution is 0.179. The Hall–Kier alpha value is -1.63. The van der Waals surface area contributed by atoms with Crippen molar-refractivity contribution in [1.82, 2.24) is 4.98 Å². The molecule has 2 rings (SSSR count). The van der Waals surface area contributed by atoms with Crippen LogP contribution in [-0.4, -0.2) is 31.4 Å². The molecule has 6 heteroatoms. The van der Waals surface area contributed by atoms with Crippen LogP contribution in [0.3, 0.4) is 0 Å². The van der Waals surface area contributed by atoms with Crippen molar-refractivity contribution in [2.24, 2.45) is 0 Å². The molecule has 0 radical (unpaired) electrons. The van der Waals surface area contributed by atoms with Gasteiger partial charge in [-0.2, -0.15) is 0 Å². The fourth-order valence-electron chi connectivity index (χ4n) is 1.80. The maximum atomic E-state index is 9.36. The second-order valence-corrected chi connectivity index (χ2v) is 5.28. The van der Waals surface area contributed by atoms with Gasteiger partial charge in [0.25, 0.3) is 0 Å². The van der Waals surface area contributed by atoms with Crippen LogP contribution in [0, 0.1) is 0 Å². The average molecular weight is 294 g/mol. The van der Waals surface area contributed by atoms with E-state index in [0.29, 0.717) is 6.61 Å². The van der Waals surface area contributed by atoms with Crippen LogP contribution in [0.4, 0.5) is 10.8 Å². The highest BCUT2D eigenvalue weighted by molar-refractivity contribution is 7.15. The third-order valence-electron chi connectivity index (χ3n) is 2.94. The van der Waals surface area contributed by atoms with Gasteiger partial charge in [0.05, 0.1) is 30.9 Å². The van der Waals surface area contributed by atoms with E-state index in [2.05, 4.69) is 4.98 Å². The molecule has 5 nitrogen and oxygen atoms in total. The molecular weight excluding hydrogens is 276 g/mol. The van der Waals surface area contributed by atoms with Gasteiger partial charge in [-0.15, -0.1) is 0 Å². The number of nitrogens with zero attached hydrogens (tertiary/aromatic N) is 2. The van der Waals surface area contributed by atoms with Gasteiger partial charge in [0.1, 0.15) is 5.75 Å². The third-order valence-corrected chi connectivity index (χ3v) is 4.10. The highest BCUT2D eigenvalue weighted by Crippen LogP contribution is 2.31. The Bertz CT molecular complexity index is 554. The first-order valence-corrected chi connectivity index (χ1v) is 6.97. The van der Waals surface area contributed by atoms with Crippen LogP contribution >= 0.6 is 11.3 Å². The number of aromatic nitrogens is 1. The summed E-state index contributed by atoms with van der Waals surface area (Å²) in [6, 6.07) is 7.74. The molecule has 0 bridgehead atoms. The molecule has 2 aromatic rings. The molecule has 108 valence electrons. The summed E-state index contributed by atoms with van der Waals surface area (Å²) in [6.45, 7) is 0.385. The molecule has 0 fully saturated rings. The summed E-state index contributed by atoms with van der Waals surface area (Å²) >= 11 is 1.47. The summed E-state index contributed by atoms with van der Waals surface area (Å²) in [4.78, 5) is 7.33. The Labute approximate surface area is 122 Å². The Kier molecular flexibility index (Phi) is 4.94. The number of ether oxygens (including phenoxy) is 2. The topological polar surface area (TPSA) is 54.8 Å². The lowest BCUT2D eigenvalue weighted by Gasteiger charge is -2.16. The maximum Gasteiger partial charge on any atom is 0.190 e. The van der Waals surface area contributed by atoms with Crippen LogP contribution in [0.25, 0.3) is 0 Å². The molecule has 0 aliphatic rings. The number of aliphatic hydroxyl groups is 1. The largest absolute Gasteiger partial charge is 0.497 e. The SMILES string of the molecule is COCc1nc(N(C)c2ccc(OC)cc2)sc1CO. The molecule has 0 saturated heterocycles. The highest BCUT2D eigenvalue weighted by Gasteiger charge is 2.14. The van der Waals surface area contributed by atoms with Gasteiger partial charge in [0, 0.05) is 19.8 Å². The van der Waals surface area contributed by atoms with Crippen molar-refractivity contribution in [3.05, 3.63) is 34.8 Å². The van der Waals surface area contributed by atoms with Gasteiger partial charge < -0.3 is 19.5 Å². The number of thiazole rings is 1. The molecule has 1 heterocycles. The molecule has 0 spiro atoms. The van der Waals surface area contributed by atoms with Crippen LogP contribution in [0.1, 0.15) is 10.6 Å². The lowest BCUT2D eigenvalue weighted by atomic mass is 10.3. The quantitative estimate of drug-likeness (QED) is 0.887. The predicted molar refractivity (Wildman–Crippen MR) is 79.8 cm³/mol. The molecule has 1 aromatic heterocycles. The standard InChI is InChI=1S/C14H18N2O3S/c1-16(10-4-6-11(19-3)7-5-10)14-15-12(9-18-2)13(8-17)20-14/h4-7,17H,8-9H2,1-3H3. The molecule has 0 aliphatic heterocycles. The van der Waals surface area contributed by atoms with E-state index in [1.54, 1.807) is 14.2 Å². The van der Waals surface area contributed by atoms with Crippen molar-refractivity contribution in [2.45, 2.75) is 13.2 Å². The highest BCUT2D eigenvalue weighted by atomic mass is 32.1. The summed E-state index contributed by atoms with van der Waals surface area (Å²) in [7, 11) is 5.20. The minimum Gasteiger partial charge on any atom is -0.497 e. The van der Waals surface area contributed by atoms with E-state index < -0.39 is 0 Å². The van der Waals surface area contributed by atoms with E-state index in [4.69, 9.17) is 9.47 Å². The van der Waals surface area contributed by atoms with E-state index in [9.17, 15) is 5.11 Å². The summed E-state index contributed by atoms with van der Waals surface area (Å²) in [5.41, 5.74) is 1.79. The van der Waals surface area contributed by atoms with Crippen molar-refractivity contribution in [3.63, 3.8) is 0 Å². The molecule has 0 aliphatic carbocycles. The van der Waals surface area contributed by atoms with E-state index in [-0.39, 0.29) is 6.61 Å². The summed E-state index contributed by atoms with van der Waals surface area (Å²) in [6.07, 6.45) is 0. The summed E-state index contributed by atoms with van der Waals surface area (Å²) < 4.78 is 10.2. The van der Waals surface area contributed by atoms with Gasteiger partial charge in [-0.3, -0.25) is 0 Å². The van der Waals surface area contributed by atoms with Crippen molar-refractivity contribution in [1.29, 1.82) is 0 Å². The van der Waals surface area contributed by atoms with Crippen LogP contribution < -0.4 is 9.64 Å². The van der Waals surface area contributed by atoms with E-state index in [0.717, 1.165) is 27.1 Å². The number of rotatable bonds is 6.